The van der Waals surface area contributed by atoms with Crippen molar-refractivity contribution in [1.29, 1.82) is 0 Å². The highest BCUT2D eigenvalue weighted by Gasteiger charge is 2.10. The summed E-state index contributed by atoms with van der Waals surface area (Å²) in [4.78, 5) is 0. The van der Waals surface area contributed by atoms with Gasteiger partial charge in [0.25, 0.3) is 0 Å². The molecule has 0 aliphatic rings. The molecule has 0 fully saturated rings. The molecule has 0 bridgehead atoms. The maximum absolute atomic E-state index is 5.70. The highest BCUT2D eigenvalue weighted by molar-refractivity contribution is 5.51. The standard InChI is InChI=1S/C16H26O4/c1-4-5-6-7-11-19-12-13-20-16-14(17-2)9-8-10-15(16)18-3/h8-10H,4-7,11-13H2,1-3H3. The first-order chi connectivity index (χ1) is 9.83. The third-order valence-electron chi connectivity index (χ3n) is 3.00. The Labute approximate surface area is 122 Å². The van der Waals surface area contributed by atoms with Gasteiger partial charge in [0.1, 0.15) is 6.61 Å². The summed E-state index contributed by atoms with van der Waals surface area (Å²) in [6, 6.07) is 5.57. The Morgan fingerprint density at radius 3 is 2.15 bits per heavy atom. The molecule has 0 saturated carbocycles. The molecule has 1 rings (SSSR count). The molecule has 0 aliphatic carbocycles. The minimum atomic E-state index is 0.491. The zero-order chi connectivity index (χ0) is 14.6. The van der Waals surface area contributed by atoms with Gasteiger partial charge in [-0.1, -0.05) is 32.3 Å². The van der Waals surface area contributed by atoms with Crippen LogP contribution in [0.1, 0.15) is 32.6 Å². The van der Waals surface area contributed by atoms with Crippen molar-refractivity contribution in [1.82, 2.24) is 0 Å². The Kier molecular flexibility index (Phi) is 8.63. The summed E-state index contributed by atoms with van der Waals surface area (Å²) < 4.78 is 21.8. The van der Waals surface area contributed by atoms with E-state index in [4.69, 9.17) is 18.9 Å². The number of para-hydroxylation sites is 1. The summed E-state index contributed by atoms with van der Waals surface area (Å²) >= 11 is 0. The molecule has 4 heteroatoms. The highest BCUT2D eigenvalue weighted by Crippen LogP contribution is 2.36. The van der Waals surface area contributed by atoms with E-state index in [0.717, 1.165) is 13.0 Å². The second-order valence-electron chi connectivity index (χ2n) is 4.51. The maximum atomic E-state index is 5.70. The molecule has 4 nitrogen and oxygen atoms in total. The van der Waals surface area contributed by atoms with Gasteiger partial charge < -0.3 is 18.9 Å². The summed E-state index contributed by atoms with van der Waals surface area (Å²) in [5, 5.41) is 0. The van der Waals surface area contributed by atoms with Gasteiger partial charge in [-0.3, -0.25) is 0 Å². The van der Waals surface area contributed by atoms with Crippen LogP contribution in [0.2, 0.25) is 0 Å². The fourth-order valence-corrected chi connectivity index (χ4v) is 1.90. The van der Waals surface area contributed by atoms with Gasteiger partial charge >= 0.3 is 0 Å². The van der Waals surface area contributed by atoms with Crippen LogP contribution in [0.25, 0.3) is 0 Å². The van der Waals surface area contributed by atoms with Crippen molar-refractivity contribution in [2.24, 2.45) is 0 Å². The van der Waals surface area contributed by atoms with Gasteiger partial charge in [-0.15, -0.1) is 0 Å². The Morgan fingerprint density at radius 2 is 1.55 bits per heavy atom. The average Bonchev–Trinajstić information content (AvgIpc) is 2.49. The first-order valence-electron chi connectivity index (χ1n) is 7.25. The third kappa shape index (κ3) is 5.70. The van der Waals surface area contributed by atoms with Crippen molar-refractivity contribution in [3.05, 3.63) is 18.2 Å². The van der Waals surface area contributed by atoms with E-state index in [1.165, 1.54) is 19.3 Å². The zero-order valence-electron chi connectivity index (χ0n) is 12.8. The van der Waals surface area contributed by atoms with Gasteiger partial charge in [-0.2, -0.15) is 0 Å². The molecule has 0 N–H and O–H groups in total. The normalized spacial score (nSPS) is 10.3. The van der Waals surface area contributed by atoms with Gasteiger partial charge in [0.2, 0.25) is 5.75 Å². The van der Waals surface area contributed by atoms with E-state index in [1.807, 2.05) is 18.2 Å². The van der Waals surface area contributed by atoms with Gasteiger partial charge in [-0.05, 0) is 18.6 Å². The second-order valence-corrected chi connectivity index (χ2v) is 4.51. The van der Waals surface area contributed by atoms with Crippen LogP contribution in [-0.4, -0.2) is 34.0 Å². The topological polar surface area (TPSA) is 36.9 Å². The van der Waals surface area contributed by atoms with E-state index in [0.29, 0.717) is 30.5 Å². The summed E-state index contributed by atoms with van der Waals surface area (Å²) in [5.41, 5.74) is 0. The van der Waals surface area contributed by atoms with E-state index in [2.05, 4.69) is 6.92 Å². The Morgan fingerprint density at radius 1 is 0.850 bits per heavy atom. The van der Waals surface area contributed by atoms with Crippen LogP contribution in [0, 0.1) is 0 Å². The van der Waals surface area contributed by atoms with Gasteiger partial charge in [0.15, 0.2) is 11.5 Å². The molecule has 0 saturated heterocycles. The van der Waals surface area contributed by atoms with E-state index >= 15 is 0 Å². The fraction of sp³-hybridized carbons (Fsp3) is 0.625. The molecule has 0 atom stereocenters. The lowest BCUT2D eigenvalue weighted by Gasteiger charge is -2.14. The number of benzene rings is 1. The van der Waals surface area contributed by atoms with Crippen LogP contribution >= 0.6 is 0 Å². The largest absolute Gasteiger partial charge is 0.493 e. The number of unbranched alkanes of at least 4 members (excludes halogenated alkanes) is 3. The summed E-state index contributed by atoms with van der Waals surface area (Å²) in [6.45, 7) is 4.07. The minimum absolute atomic E-state index is 0.491. The van der Waals surface area contributed by atoms with E-state index in [9.17, 15) is 0 Å². The van der Waals surface area contributed by atoms with E-state index in [1.54, 1.807) is 14.2 Å². The van der Waals surface area contributed by atoms with E-state index in [-0.39, 0.29) is 0 Å². The molecule has 0 amide bonds. The third-order valence-corrected chi connectivity index (χ3v) is 3.00. The number of hydrogen-bond donors (Lipinski definition) is 0. The van der Waals surface area contributed by atoms with Crippen LogP contribution < -0.4 is 14.2 Å². The van der Waals surface area contributed by atoms with Crippen LogP contribution in [-0.2, 0) is 4.74 Å². The zero-order valence-corrected chi connectivity index (χ0v) is 12.8. The Bertz CT molecular complexity index is 343. The summed E-state index contributed by atoms with van der Waals surface area (Å²) in [7, 11) is 3.23. The van der Waals surface area contributed by atoms with Crippen molar-refractivity contribution >= 4 is 0 Å². The quantitative estimate of drug-likeness (QED) is 0.580. The first-order valence-corrected chi connectivity index (χ1v) is 7.25. The fourth-order valence-electron chi connectivity index (χ4n) is 1.90. The lowest BCUT2D eigenvalue weighted by atomic mass is 10.2. The molecule has 0 radical (unpaired) electrons. The predicted molar refractivity (Wildman–Crippen MR) is 80.0 cm³/mol. The molecule has 0 heterocycles. The Hall–Kier alpha value is -1.42. The van der Waals surface area contributed by atoms with E-state index < -0.39 is 0 Å². The average molecular weight is 282 g/mol. The minimum Gasteiger partial charge on any atom is -0.493 e. The van der Waals surface area contributed by atoms with Crippen molar-refractivity contribution in [3.63, 3.8) is 0 Å². The lowest BCUT2D eigenvalue weighted by molar-refractivity contribution is 0.0950. The molecular weight excluding hydrogens is 256 g/mol. The highest BCUT2D eigenvalue weighted by atomic mass is 16.6. The number of hydrogen-bond acceptors (Lipinski definition) is 4. The van der Waals surface area contributed by atoms with Crippen molar-refractivity contribution in [2.75, 3.05) is 34.0 Å². The first kappa shape index (κ1) is 16.6. The van der Waals surface area contributed by atoms with Crippen molar-refractivity contribution in [2.45, 2.75) is 32.6 Å². The molecule has 0 spiro atoms. The summed E-state index contributed by atoms with van der Waals surface area (Å²) in [6.07, 6.45) is 4.87. The molecule has 0 unspecified atom stereocenters. The molecule has 114 valence electrons. The summed E-state index contributed by atoms with van der Waals surface area (Å²) in [5.74, 6) is 1.98. The molecular formula is C16H26O4. The van der Waals surface area contributed by atoms with Crippen LogP contribution in [0.4, 0.5) is 0 Å². The van der Waals surface area contributed by atoms with Crippen LogP contribution in [0.3, 0.4) is 0 Å². The molecule has 1 aromatic rings. The van der Waals surface area contributed by atoms with Crippen molar-refractivity contribution < 1.29 is 18.9 Å². The SMILES string of the molecule is CCCCCCOCCOc1c(OC)cccc1OC. The van der Waals surface area contributed by atoms with Crippen LogP contribution in [0.15, 0.2) is 18.2 Å². The monoisotopic (exact) mass is 282 g/mol. The van der Waals surface area contributed by atoms with Gasteiger partial charge in [-0.25, -0.2) is 0 Å². The molecule has 0 aliphatic heterocycles. The van der Waals surface area contributed by atoms with Gasteiger partial charge in [0.05, 0.1) is 20.8 Å². The molecule has 20 heavy (non-hydrogen) atoms. The smallest absolute Gasteiger partial charge is 0.203 e. The molecule has 0 aromatic heterocycles. The van der Waals surface area contributed by atoms with Gasteiger partial charge in [0, 0.05) is 6.61 Å². The number of ether oxygens (including phenoxy) is 4. The van der Waals surface area contributed by atoms with Crippen molar-refractivity contribution in [3.8, 4) is 17.2 Å². The lowest BCUT2D eigenvalue weighted by Crippen LogP contribution is -2.09. The number of rotatable bonds is 11. The number of methoxy groups -OCH3 is 2. The molecule has 1 aromatic carbocycles. The predicted octanol–water partition coefficient (Wildman–Crippen LogP) is 3.68. The Balaban J connectivity index is 2.27. The van der Waals surface area contributed by atoms with Crippen LogP contribution in [0.5, 0.6) is 17.2 Å². The maximum Gasteiger partial charge on any atom is 0.203 e. The second kappa shape index (κ2) is 10.4.